The Hall–Kier alpha value is -2.58. The molecule has 4 rings (SSSR count). The van der Waals surface area contributed by atoms with Gasteiger partial charge in [-0.2, -0.15) is 0 Å². The van der Waals surface area contributed by atoms with Crippen LogP contribution >= 0.6 is 11.6 Å². The van der Waals surface area contributed by atoms with Gasteiger partial charge in [0.1, 0.15) is 0 Å². The average molecular weight is 448 g/mol. The van der Waals surface area contributed by atoms with E-state index in [0.717, 1.165) is 18.8 Å². The molecule has 158 valence electrons. The van der Waals surface area contributed by atoms with Crippen molar-refractivity contribution in [3.05, 3.63) is 53.1 Å². The van der Waals surface area contributed by atoms with Gasteiger partial charge in [-0.25, -0.2) is 12.7 Å². The second-order valence-corrected chi connectivity index (χ2v) is 9.91. The minimum atomic E-state index is -3.81. The van der Waals surface area contributed by atoms with Crippen LogP contribution < -0.4 is 14.5 Å². The van der Waals surface area contributed by atoms with Gasteiger partial charge in [-0.15, -0.1) is 0 Å². The minimum absolute atomic E-state index is 0.00282. The number of carbonyl (C=O) groups is 2. The van der Waals surface area contributed by atoms with Crippen molar-refractivity contribution >= 4 is 50.5 Å². The van der Waals surface area contributed by atoms with E-state index in [1.54, 1.807) is 6.92 Å². The van der Waals surface area contributed by atoms with Crippen LogP contribution in [0, 0.1) is 5.92 Å². The third-order valence-electron chi connectivity index (χ3n) is 5.38. The number of nitrogens with one attached hydrogen (secondary N) is 1. The quantitative estimate of drug-likeness (QED) is 0.775. The lowest BCUT2D eigenvalue weighted by Gasteiger charge is -2.18. The zero-order valence-electron chi connectivity index (χ0n) is 16.5. The lowest BCUT2D eigenvalue weighted by atomic mass is 10.1. The van der Waals surface area contributed by atoms with Gasteiger partial charge in [-0.3, -0.25) is 9.59 Å². The Morgan fingerprint density at radius 2 is 1.77 bits per heavy atom. The summed E-state index contributed by atoms with van der Waals surface area (Å²) in [5, 5.41) is 2.89. The van der Waals surface area contributed by atoms with Gasteiger partial charge in [0.05, 0.1) is 22.4 Å². The molecule has 0 saturated carbocycles. The van der Waals surface area contributed by atoms with Gasteiger partial charge in [-0.1, -0.05) is 18.5 Å². The highest BCUT2D eigenvalue weighted by Crippen LogP contribution is 2.34. The molecule has 1 unspecified atom stereocenters. The number of anilines is 3. The van der Waals surface area contributed by atoms with Crippen molar-refractivity contribution in [2.75, 3.05) is 33.4 Å². The molecule has 0 radical (unpaired) electrons. The third kappa shape index (κ3) is 3.89. The number of hydrogen-bond acceptors (Lipinski definition) is 5. The van der Waals surface area contributed by atoms with Gasteiger partial charge < -0.3 is 10.2 Å². The Morgan fingerprint density at radius 1 is 1.10 bits per heavy atom. The number of amides is 2. The maximum Gasteiger partial charge on any atom is 0.255 e. The highest BCUT2D eigenvalue weighted by molar-refractivity contribution is 7.94. The molecule has 2 amide bonds. The molecule has 0 aromatic heterocycles. The van der Waals surface area contributed by atoms with Crippen molar-refractivity contribution in [3.63, 3.8) is 0 Å². The monoisotopic (exact) mass is 447 g/mol. The minimum Gasteiger partial charge on any atom is -0.372 e. The highest BCUT2D eigenvalue weighted by Gasteiger charge is 2.43. The van der Waals surface area contributed by atoms with Crippen molar-refractivity contribution < 1.29 is 18.0 Å². The topological polar surface area (TPSA) is 86.8 Å². The van der Waals surface area contributed by atoms with Crippen molar-refractivity contribution in [3.8, 4) is 0 Å². The summed E-state index contributed by atoms with van der Waals surface area (Å²) in [6.07, 6.45) is 2.37. The first-order valence-corrected chi connectivity index (χ1v) is 11.8. The van der Waals surface area contributed by atoms with E-state index in [1.165, 1.54) is 31.0 Å². The molecule has 2 saturated heterocycles. The number of rotatable bonds is 4. The summed E-state index contributed by atoms with van der Waals surface area (Å²) in [6, 6.07) is 11.8. The molecule has 2 fully saturated rings. The number of halogens is 1. The number of benzene rings is 2. The van der Waals surface area contributed by atoms with Gasteiger partial charge in [0.25, 0.3) is 5.91 Å². The van der Waals surface area contributed by atoms with Crippen LogP contribution in [0.5, 0.6) is 0 Å². The van der Waals surface area contributed by atoms with Crippen LogP contribution in [-0.4, -0.2) is 39.1 Å². The first kappa shape index (κ1) is 20.7. The number of sulfonamides is 1. The van der Waals surface area contributed by atoms with E-state index in [0.29, 0.717) is 9.99 Å². The van der Waals surface area contributed by atoms with Crippen LogP contribution in [0.4, 0.5) is 17.1 Å². The van der Waals surface area contributed by atoms with Crippen LogP contribution in [0.1, 0.15) is 30.1 Å². The normalized spacial score (nSPS) is 20.6. The first-order chi connectivity index (χ1) is 14.3. The molecule has 0 spiro atoms. The Kier molecular flexibility index (Phi) is 5.46. The Morgan fingerprint density at radius 3 is 2.37 bits per heavy atom. The fourth-order valence-corrected chi connectivity index (χ4v) is 5.89. The molecule has 2 heterocycles. The van der Waals surface area contributed by atoms with Gasteiger partial charge in [0.15, 0.2) is 0 Å². The van der Waals surface area contributed by atoms with Crippen LogP contribution in [0.2, 0.25) is 5.02 Å². The van der Waals surface area contributed by atoms with E-state index >= 15 is 0 Å². The standard InChI is InChI=1S/C21H22ClN3O4S/c1-14-13-30(28,29)25(21(14)27)19-12-15(4-9-18(19)22)20(26)23-16-5-7-17(8-6-16)24-10-2-3-11-24/h4-9,12,14H,2-3,10-11,13H2,1H3,(H,23,26). The third-order valence-corrected chi connectivity index (χ3v) is 7.56. The second kappa shape index (κ2) is 7.92. The molecule has 9 heteroatoms. The number of carbonyl (C=O) groups excluding carboxylic acids is 2. The molecule has 1 atom stereocenters. The molecule has 2 aliphatic rings. The van der Waals surface area contributed by atoms with Crippen LogP contribution in [-0.2, 0) is 14.8 Å². The van der Waals surface area contributed by atoms with Gasteiger partial charge in [-0.05, 0) is 55.3 Å². The Balaban J connectivity index is 1.55. The van der Waals surface area contributed by atoms with Crippen molar-refractivity contribution in [2.45, 2.75) is 19.8 Å². The number of nitrogens with zero attached hydrogens (tertiary/aromatic N) is 2. The molecule has 1 N–H and O–H groups in total. The number of hydrogen-bond donors (Lipinski definition) is 1. The van der Waals surface area contributed by atoms with Gasteiger partial charge in [0, 0.05) is 30.0 Å². The molecule has 0 bridgehead atoms. The summed E-state index contributed by atoms with van der Waals surface area (Å²) in [6.45, 7) is 3.63. The zero-order chi connectivity index (χ0) is 21.5. The summed E-state index contributed by atoms with van der Waals surface area (Å²) in [5.41, 5.74) is 1.95. The first-order valence-electron chi connectivity index (χ1n) is 9.79. The van der Waals surface area contributed by atoms with E-state index < -0.39 is 27.8 Å². The molecule has 7 nitrogen and oxygen atoms in total. The molecular weight excluding hydrogens is 426 g/mol. The Bertz CT molecular complexity index is 1100. The van der Waals surface area contributed by atoms with Crippen LogP contribution in [0.3, 0.4) is 0 Å². The van der Waals surface area contributed by atoms with E-state index in [-0.39, 0.29) is 22.0 Å². The fourth-order valence-electron chi connectivity index (χ4n) is 3.81. The maximum absolute atomic E-state index is 12.7. The van der Waals surface area contributed by atoms with E-state index in [2.05, 4.69) is 10.2 Å². The van der Waals surface area contributed by atoms with Crippen LogP contribution in [0.15, 0.2) is 42.5 Å². The predicted octanol–water partition coefficient (Wildman–Crippen LogP) is 3.51. The lowest BCUT2D eigenvalue weighted by molar-refractivity contribution is -0.119. The smallest absolute Gasteiger partial charge is 0.255 e. The predicted molar refractivity (Wildman–Crippen MR) is 118 cm³/mol. The SMILES string of the molecule is CC1CS(=O)(=O)N(c2cc(C(=O)Nc3ccc(N4CCCC4)cc3)ccc2Cl)C1=O. The summed E-state index contributed by atoms with van der Waals surface area (Å²) in [7, 11) is -3.81. The maximum atomic E-state index is 12.7. The van der Waals surface area contributed by atoms with E-state index in [1.807, 2.05) is 24.3 Å². The zero-order valence-corrected chi connectivity index (χ0v) is 18.0. The van der Waals surface area contributed by atoms with Crippen molar-refractivity contribution in [1.29, 1.82) is 0 Å². The summed E-state index contributed by atoms with van der Waals surface area (Å²) < 4.78 is 25.5. The Labute approximate surface area is 180 Å². The van der Waals surface area contributed by atoms with Gasteiger partial charge in [0.2, 0.25) is 15.9 Å². The largest absolute Gasteiger partial charge is 0.372 e. The van der Waals surface area contributed by atoms with E-state index in [4.69, 9.17) is 11.6 Å². The van der Waals surface area contributed by atoms with Crippen molar-refractivity contribution in [1.82, 2.24) is 0 Å². The summed E-state index contributed by atoms with van der Waals surface area (Å²) >= 11 is 6.17. The fraction of sp³-hybridized carbons (Fsp3) is 0.333. The molecule has 0 aliphatic carbocycles. The second-order valence-electron chi connectivity index (χ2n) is 7.64. The molecule has 2 aromatic rings. The summed E-state index contributed by atoms with van der Waals surface area (Å²) in [5.74, 6) is -1.90. The molecule has 30 heavy (non-hydrogen) atoms. The van der Waals surface area contributed by atoms with Gasteiger partial charge >= 0.3 is 0 Å². The van der Waals surface area contributed by atoms with E-state index in [9.17, 15) is 18.0 Å². The summed E-state index contributed by atoms with van der Waals surface area (Å²) in [4.78, 5) is 27.4. The van der Waals surface area contributed by atoms with Crippen molar-refractivity contribution in [2.24, 2.45) is 5.92 Å². The lowest BCUT2D eigenvalue weighted by Crippen LogP contribution is -2.30. The van der Waals surface area contributed by atoms with Crippen LogP contribution in [0.25, 0.3) is 0 Å². The average Bonchev–Trinajstić information content (AvgIpc) is 3.30. The molecule has 2 aliphatic heterocycles. The molecular formula is C21H22ClN3O4S. The molecule has 2 aromatic carbocycles. The highest BCUT2D eigenvalue weighted by atomic mass is 35.5.